The molecule has 1 rings (SSSR count). The maximum atomic E-state index is 4.82. The highest BCUT2D eigenvalue weighted by Gasteiger charge is 1.95. The summed E-state index contributed by atoms with van der Waals surface area (Å²) in [6.07, 6.45) is 1.63. The molecule has 1 heterocycles. The largest absolute Gasteiger partial charge is 0.354 e. The van der Waals surface area contributed by atoms with E-state index >= 15 is 0 Å². The minimum Gasteiger partial charge on any atom is -0.354 e. The molecule has 0 unspecified atom stereocenters. The van der Waals surface area contributed by atoms with Crippen molar-refractivity contribution in [3.8, 4) is 0 Å². The number of anilines is 1. The molecule has 56 valence electrons. The average molecular weight is 140 g/mol. The zero-order valence-corrected chi connectivity index (χ0v) is 6.29. The molecule has 0 amide bonds. The third-order valence-electron chi connectivity index (χ3n) is 1.12. The molecule has 0 aliphatic rings. The Hall–Kier alpha value is -0.990. The van der Waals surface area contributed by atoms with Crippen molar-refractivity contribution in [2.75, 3.05) is 11.9 Å². The Labute approximate surface area is 60.4 Å². The highest BCUT2D eigenvalue weighted by Crippen LogP contribution is 2.04. The van der Waals surface area contributed by atoms with E-state index in [9.17, 15) is 0 Å². The van der Waals surface area contributed by atoms with E-state index in [2.05, 4.69) is 24.3 Å². The molecular weight excluding hydrogens is 128 g/mol. The lowest BCUT2D eigenvalue weighted by atomic mass is 10.2. The van der Waals surface area contributed by atoms with Crippen molar-refractivity contribution < 1.29 is 4.52 Å². The van der Waals surface area contributed by atoms with Gasteiger partial charge in [0.1, 0.15) is 0 Å². The fourth-order valence-electron chi connectivity index (χ4n) is 0.612. The van der Waals surface area contributed by atoms with Crippen molar-refractivity contribution in [3.05, 3.63) is 12.3 Å². The van der Waals surface area contributed by atoms with Crippen LogP contribution in [0.3, 0.4) is 0 Å². The predicted molar refractivity (Wildman–Crippen MR) is 39.8 cm³/mol. The fraction of sp³-hybridized carbons (Fsp3) is 0.571. The first-order chi connectivity index (χ1) is 4.79. The van der Waals surface area contributed by atoms with Crippen LogP contribution in [0.15, 0.2) is 16.8 Å². The van der Waals surface area contributed by atoms with Crippen LogP contribution in [0.25, 0.3) is 0 Å². The van der Waals surface area contributed by atoms with Crippen molar-refractivity contribution in [2.45, 2.75) is 13.8 Å². The number of aromatic nitrogens is 1. The maximum Gasteiger partial charge on any atom is 0.224 e. The zero-order valence-electron chi connectivity index (χ0n) is 6.29. The summed E-state index contributed by atoms with van der Waals surface area (Å²) in [5, 5.41) is 6.66. The van der Waals surface area contributed by atoms with Gasteiger partial charge in [-0.05, 0) is 5.92 Å². The van der Waals surface area contributed by atoms with Gasteiger partial charge < -0.3 is 9.84 Å². The Kier molecular flexibility index (Phi) is 2.31. The van der Waals surface area contributed by atoms with E-state index in [1.165, 1.54) is 0 Å². The third-order valence-corrected chi connectivity index (χ3v) is 1.12. The SMILES string of the molecule is CC(C)CNc1ccno1. The fourth-order valence-corrected chi connectivity index (χ4v) is 0.612. The molecule has 0 saturated heterocycles. The molecule has 0 aromatic carbocycles. The topological polar surface area (TPSA) is 38.1 Å². The van der Waals surface area contributed by atoms with E-state index in [-0.39, 0.29) is 0 Å². The second kappa shape index (κ2) is 3.25. The molecule has 0 radical (unpaired) electrons. The molecule has 0 saturated carbocycles. The van der Waals surface area contributed by atoms with Crippen LogP contribution in [-0.4, -0.2) is 11.7 Å². The molecule has 0 aliphatic carbocycles. The number of nitrogens with one attached hydrogen (secondary N) is 1. The van der Waals surface area contributed by atoms with Crippen molar-refractivity contribution >= 4 is 5.88 Å². The first-order valence-corrected chi connectivity index (χ1v) is 3.43. The number of rotatable bonds is 3. The first-order valence-electron chi connectivity index (χ1n) is 3.43. The van der Waals surface area contributed by atoms with Gasteiger partial charge in [0, 0.05) is 12.6 Å². The molecule has 3 heteroatoms. The van der Waals surface area contributed by atoms with E-state index in [1.807, 2.05) is 6.07 Å². The Morgan fingerprint density at radius 1 is 1.70 bits per heavy atom. The molecule has 0 atom stereocenters. The molecule has 0 aliphatic heterocycles. The van der Waals surface area contributed by atoms with E-state index in [1.54, 1.807) is 6.20 Å². The minimum absolute atomic E-state index is 0.630. The van der Waals surface area contributed by atoms with E-state index in [0.717, 1.165) is 12.4 Å². The smallest absolute Gasteiger partial charge is 0.224 e. The van der Waals surface area contributed by atoms with Gasteiger partial charge in [-0.3, -0.25) is 0 Å². The van der Waals surface area contributed by atoms with Crippen LogP contribution in [0.1, 0.15) is 13.8 Å². The van der Waals surface area contributed by atoms with Crippen LogP contribution < -0.4 is 5.32 Å². The van der Waals surface area contributed by atoms with Crippen LogP contribution in [-0.2, 0) is 0 Å². The van der Waals surface area contributed by atoms with Crippen LogP contribution >= 0.6 is 0 Å². The van der Waals surface area contributed by atoms with Gasteiger partial charge in [-0.1, -0.05) is 19.0 Å². The van der Waals surface area contributed by atoms with Crippen LogP contribution in [0.2, 0.25) is 0 Å². The van der Waals surface area contributed by atoms with Crippen LogP contribution in [0.5, 0.6) is 0 Å². The van der Waals surface area contributed by atoms with Crippen molar-refractivity contribution in [1.82, 2.24) is 5.16 Å². The normalized spacial score (nSPS) is 10.3. The second-order valence-electron chi connectivity index (χ2n) is 2.65. The van der Waals surface area contributed by atoms with Gasteiger partial charge in [-0.25, -0.2) is 0 Å². The molecular formula is C7H12N2O. The Morgan fingerprint density at radius 3 is 3.00 bits per heavy atom. The summed E-state index contributed by atoms with van der Waals surface area (Å²) in [6, 6.07) is 1.81. The van der Waals surface area contributed by atoms with Crippen molar-refractivity contribution in [3.63, 3.8) is 0 Å². The highest BCUT2D eigenvalue weighted by molar-refractivity contribution is 5.27. The second-order valence-corrected chi connectivity index (χ2v) is 2.65. The molecule has 1 aromatic heterocycles. The summed E-state index contributed by atoms with van der Waals surface area (Å²) in [7, 11) is 0. The average Bonchev–Trinajstić information content (AvgIpc) is 2.34. The van der Waals surface area contributed by atoms with Gasteiger partial charge in [0.2, 0.25) is 5.88 Å². The van der Waals surface area contributed by atoms with Gasteiger partial charge >= 0.3 is 0 Å². The summed E-state index contributed by atoms with van der Waals surface area (Å²) in [5.74, 6) is 1.37. The number of hydrogen-bond donors (Lipinski definition) is 1. The summed E-state index contributed by atoms with van der Waals surface area (Å²) in [4.78, 5) is 0. The van der Waals surface area contributed by atoms with E-state index in [0.29, 0.717) is 5.92 Å². The molecule has 0 spiro atoms. The van der Waals surface area contributed by atoms with Crippen molar-refractivity contribution in [1.29, 1.82) is 0 Å². The van der Waals surface area contributed by atoms with Crippen LogP contribution in [0.4, 0.5) is 5.88 Å². The third kappa shape index (κ3) is 2.09. The van der Waals surface area contributed by atoms with Crippen molar-refractivity contribution in [2.24, 2.45) is 5.92 Å². The summed E-state index contributed by atoms with van der Waals surface area (Å²) in [6.45, 7) is 5.21. The molecule has 1 N–H and O–H groups in total. The van der Waals surface area contributed by atoms with E-state index in [4.69, 9.17) is 4.52 Å². The summed E-state index contributed by atoms with van der Waals surface area (Å²) in [5.41, 5.74) is 0. The van der Waals surface area contributed by atoms with E-state index < -0.39 is 0 Å². The maximum absolute atomic E-state index is 4.82. The molecule has 0 fully saturated rings. The van der Waals surface area contributed by atoms with Gasteiger partial charge in [-0.15, -0.1) is 0 Å². The zero-order chi connectivity index (χ0) is 7.40. The quantitative estimate of drug-likeness (QED) is 0.695. The lowest BCUT2D eigenvalue weighted by Gasteiger charge is -2.03. The first kappa shape index (κ1) is 7.12. The molecule has 10 heavy (non-hydrogen) atoms. The predicted octanol–water partition coefficient (Wildman–Crippen LogP) is 1.74. The minimum atomic E-state index is 0.630. The number of hydrogen-bond acceptors (Lipinski definition) is 3. The lowest BCUT2D eigenvalue weighted by Crippen LogP contribution is -2.06. The molecule has 1 aromatic rings. The Morgan fingerprint density at radius 2 is 2.50 bits per heavy atom. The molecule has 0 bridgehead atoms. The van der Waals surface area contributed by atoms with Gasteiger partial charge in [0.25, 0.3) is 0 Å². The van der Waals surface area contributed by atoms with Gasteiger partial charge in [0.05, 0.1) is 6.20 Å². The Bertz CT molecular complexity index is 170. The van der Waals surface area contributed by atoms with Gasteiger partial charge in [0.15, 0.2) is 0 Å². The Balaban J connectivity index is 2.28. The summed E-state index contributed by atoms with van der Waals surface area (Å²) >= 11 is 0. The monoisotopic (exact) mass is 140 g/mol. The van der Waals surface area contributed by atoms with Gasteiger partial charge in [-0.2, -0.15) is 0 Å². The number of nitrogens with zero attached hydrogens (tertiary/aromatic N) is 1. The van der Waals surface area contributed by atoms with Crippen LogP contribution in [0, 0.1) is 5.92 Å². The molecule has 3 nitrogen and oxygen atoms in total. The standard InChI is InChI=1S/C7H12N2O/c1-6(2)5-8-7-3-4-9-10-7/h3-4,6,8H,5H2,1-2H3. The lowest BCUT2D eigenvalue weighted by molar-refractivity contribution is 0.430. The highest BCUT2D eigenvalue weighted by atomic mass is 16.5. The summed E-state index contributed by atoms with van der Waals surface area (Å²) < 4.78 is 4.82.